The second kappa shape index (κ2) is 21.5. The van der Waals surface area contributed by atoms with E-state index in [9.17, 15) is 14.3 Å². The number of hydrogen-bond donors (Lipinski definition) is 1. The zero-order valence-corrected chi connectivity index (χ0v) is 42.1. The van der Waals surface area contributed by atoms with Gasteiger partial charge in [0, 0.05) is 61.3 Å². The third kappa shape index (κ3) is 10.7. The van der Waals surface area contributed by atoms with Crippen molar-refractivity contribution in [3.63, 3.8) is 0 Å². The van der Waals surface area contributed by atoms with Crippen LogP contribution in [-0.2, 0) is 37.4 Å². The highest BCUT2D eigenvalue weighted by Crippen LogP contribution is 2.53. The molecule has 4 aliphatic heterocycles. The molecule has 0 radical (unpaired) electrons. The Labute approximate surface area is 425 Å². The minimum atomic E-state index is -1.47. The number of thiophene rings is 1. The van der Waals surface area contributed by atoms with Crippen molar-refractivity contribution in [2.24, 2.45) is 0 Å². The summed E-state index contributed by atoms with van der Waals surface area (Å²) in [4.78, 5) is 38.1. The second-order valence-electron chi connectivity index (χ2n) is 18.7. The van der Waals surface area contributed by atoms with Crippen LogP contribution in [0.4, 0.5) is 4.39 Å². The Kier molecular flexibility index (Phi) is 14.9. The molecule has 11 rings (SSSR count). The van der Waals surface area contributed by atoms with Gasteiger partial charge in [-0.3, -0.25) is 4.90 Å². The molecule has 4 bridgehead atoms. The van der Waals surface area contributed by atoms with Crippen molar-refractivity contribution < 1.29 is 47.4 Å². The number of halogens is 3. The van der Waals surface area contributed by atoms with Crippen LogP contribution in [-0.4, -0.2) is 139 Å². The van der Waals surface area contributed by atoms with E-state index in [0.717, 1.165) is 45.4 Å². The van der Waals surface area contributed by atoms with E-state index in [1.165, 1.54) is 29.8 Å². The van der Waals surface area contributed by atoms with Gasteiger partial charge in [0.05, 0.1) is 59.6 Å². The highest BCUT2D eigenvalue weighted by molar-refractivity contribution is 7.22. The van der Waals surface area contributed by atoms with Crippen LogP contribution in [0.25, 0.3) is 31.8 Å². The number of fused-ring (bicyclic) bond motifs is 7. The number of aromatic nitrogens is 4. The first-order chi connectivity index (χ1) is 34.4. The molecule has 1 aliphatic carbocycles. The molecule has 15 nitrogen and oxygen atoms in total. The normalized spacial score (nSPS) is 20.6. The number of nitrogens with zero attached hydrogens (tertiary/aromatic N) is 6. The molecule has 0 spiro atoms. The second-order valence-corrected chi connectivity index (χ2v) is 20.5. The number of ether oxygens (including phenoxy) is 7. The van der Waals surface area contributed by atoms with Gasteiger partial charge in [-0.05, 0) is 92.4 Å². The molecule has 374 valence electrons. The van der Waals surface area contributed by atoms with Crippen LogP contribution >= 0.6 is 34.5 Å². The summed E-state index contributed by atoms with van der Waals surface area (Å²) >= 11 is 16.0. The zero-order chi connectivity index (χ0) is 49.2. The molecule has 7 heterocycles. The highest BCUT2D eigenvalue weighted by atomic mass is 35.5. The number of benzene rings is 3. The summed E-state index contributed by atoms with van der Waals surface area (Å²) < 4.78 is 58.4. The van der Waals surface area contributed by atoms with Crippen molar-refractivity contribution in [1.29, 1.82) is 0 Å². The maximum absolute atomic E-state index is 14.4. The van der Waals surface area contributed by atoms with Gasteiger partial charge in [-0.15, -0.1) is 11.3 Å². The van der Waals surface area contributed by atoms with Crippen molar-refractivity contribution in [2.75, 3.05) is 79.4 Å². The summed E-state index contributed by atoms with van der Waals surface area (Å²) in [7, 11) is 2.11. The smallest absolute Gasteiger partial charge is 0.345 e. The van der Waals surface area contributed by atoms with Gasteiger partial charge in [0.25, 0.3) is 0 Å². The molecule has 1 unspecified atom stereocenters. The van der Waals surface area contributed by atoms with Gasteiger partial charge in [-0.1, -0.05) is 41.8 Å². The summed E-state index contributed by atoms with van der Waals surface area (Å²) in [6.07, 6.45) is 3.66. The van der Waals surface area contributed by atoms with E-state index in [1.54, 1.807) is 36.5 Å². The minimum absolute atomic E-state index is 0.0295. The van der Waals surface area contributed by atoms with Crippen LogP contribution in [0.5, 0.6) is 23.1 Å². The molecule has 0 amide bonds. The van der Waals surface area contributed by atoms with Crippen molar-refractivity contribution in [1.82, 2.24) is 29.7 Å². The molecule has 6 aromatic rings. The fourth-order valence-electron chi connectivity index (χ4n) is 9.65. The predicted octanol–water partition coefficient (Wildman–Crippen LogP) is 8.77. The van der Waals surface area contributed by atoms with Gasteiger partial charge in [0.1, 0.15) is 59.7 Å². The van der Waals surface area contributed by atoms with Crippen LogP contribution in [0.2, 0.25) is 10.0 Å². The Morgan fingerprint density at radius 2 is 1.73 bits per heavy atom. The lowest BCUT2D eigenvalue weighted by atomic mass is 9.68. The van der Waals surface area contributed by atoms with Crippen molar-refractivity contribution in [2.45, 2.75) is 69.9 Å². The predicted molar refractivity (Wildman–Crippen MR) is 267 cm³/mol. The third-order valence-electron chi connectivity index (χ3n) is 13.8. The largest absolute Gasteiger partial charge is 0.490 e. The number of hydrogen-bond acceptors (Lipinski definition) is 15. The number of carboxylic acid groups (broad SMARTS) is 1. The molecule has 5 aliphatic rings. The molecule has 2 saturated heterocycles. The SMILES string of the molecule is Cc1c(Cl)c2c(Cl)c(C)c1-c1c(-c3ccc(F)cc3)sc3ncnc(c13)O[C@@H](C(=O)O)Cc1cc(ccc1OCc1ccnc(C3(COC[C@H]4COCCO4)CCC3)n1)OCC(CN1CCN(C)CC1)O2. The first kappa shape index (κ1) is 49.3. The number of carboxylic acids is 1. The van der Waals surface area contributed by atoms with Gasteiger partial charge in [-0.25, -0.2) is 29.1 Å². The molecular weight excluding hydrogens is 975 g/mol. The van der Waals surface area contributed by atoms with E-state index in [2.05, 4.69) is 26.8 Å². The number of carbonyl (C=O) groups is 1. The molecule has 19 heteroatoms. The number of likely N-dealkylation sites (N-methyl/N-ethyl adjacent to an activating group) is 1. The Morgan fingerprint density at radius 3 is 2.45 bits per heavy atom. The fraction of sp³-hybridized carbons (Fsp3) is 0.442. The summed E-state index contributed by atoms with van der Waals surface area (Å²) in [5.41, 5.74) is 4.11. The molecule has 3 fully saturated rings. The summed E-state index contributed by atoms with van der Waals surface area (Å²) in [6.45, 7) is 10.5. The Morgan fingerprint density at radius 1 is 0.944 bits per heavy atom. The van der Waals surface area contributed by atoms with Crippen LogP contribution < -0.4 is 18.9 Å². The highest BCUT2D eigenvalue weighted by Gasteiger charge is 2.42. The Hall–Kier alpha value is -5.24. The van der Waals surface area contributed by atoms with Crippen molar-refractivity contribution >= 4 is 50.7 Å². The topological polar surface area (TPSA) is 160 Å². The lowest BCUT2D eigenvalue weighted by Crippen LogP contribution is -2.49. The molecule has 1 N–H and O–H groups in total. The fourth-order valence-corrected chi connectivity index (χ4v) is 11.3. The van der Waals surface area contributed by atoms with Crippen LogP contribution in [0.15, 0.2) is 61.1 Å². The zero-order valence-electron chi connectivity index (χ0n) is 39.8. The number of aliphatic carboxylic acids is 1. The molecule has 71 heavy (non-hydrogen) atoms. The van der Waals surface area contributed by atoms with E-state index in [-0.39, 0.29) is 37.0 Å². The van der Waals surface area contributed by atoms with E-state index < -0.39 is 24.0 Å². The summed E-state index contributed by atoms with van der Waals surface area (Å²) in [5.74, 6) is 0.286. The van der Waals surface area contributed by atoms with Gasteiger partial charge >= 0.3 is 5.97 Å². The first-order valence-corrected chi connectivity index (χ1v) is 25.5. The van der Waals surface area contributed by atoms with E-state index in [0.29, 0.717) is 127 Å². The maximum atomic E-state index is 14.4. The van der Waals surface area contributed by atoms with Gasteiger partial charge in [-0.2, -0.15) is 0 Å². The van der Waals surface area contributed by atoms with Crippen LogP contribution in [0.1, 0.15) is 47.5 Å². The van der Waals surface area contributed by atoms with E-state index in [4.69, 9.17) is 66.3 Å². The average Bonchev–Trinajstić information content (AvgIpc) is 3.75. The van der Waals surface area contributed by atoms with Gasteiger partial charge in [0.2, 0.25) is 12.0 Å². The minimum Gasteiger partial charge on any atom is -0.490 e. The maximum Gasteiger partial charge on any atom is 0.345 e. The number of rotatable bonds is 12. The van der Waals surface area contributed by atoms with E-state index in [1.807, 2.05) is 19.9 Å². The van der Waals surface area contributed by atoms with Gasteiger partial charge < -0.3 is 43.2 Å². The van der Waals surface area contributed by atoms with Crippen LogP contribution in [0, 0.1) is 19.7 Å². The Balaban J connectivity index is 1.02. The molecule has 3 atom stereocenters. The first-order valence-electron chi connectivity index (χ1n) is 23.9. The number of piperazine rings is 1. The summed E-state index contributed by atoms with van der Waals surface area (Å²) in [5, 5.41) is 12.0. The summed E-state index contributed by atoms with van der Waals surface area (Å²) in [6, 6.07) is 13.3. The Bertz CT molecular complexity index is 2870. The molecular formula is C52H55Cl2FN6O9S. The standard InChI is InChI=1S/C52H55Cl2FN6O9S/c1-30-41-31(2)45(54)46(44(30)53)69-37(23-61-17-15-60(3)16-18-61)27-67-36-9-10-39(68-24-35-11-14-56-51(59-35)52(12-4-13-52)28-65-26-38-25-64-19-20-66-38)33(21-36)22-40(50(62)63)70-48-43-42(41)47(71-49(43)58-29-57-48)32-5-7-34(55)8-6-32/h5-11,14,21,29,37-38,40H,4,12-13,15-20,22-28H2,1-3H3,(H,62,63)/t37?,38-,40-/m1/s1. The van der Waals surface area contributed by atoms with Crippen molar-refractivity contribution in [3.05, 3.63) is 105 Å². The lowest BCUT2D eigenvalue weighted by Gasteiger charge is -2.40. The van der Waals surface area contributed by atoms with Crippen LogP contribution in [0.3, 0.4) is 0 Å². The third-order valence-corrected chi connectivity index (χ3v) is 15.9. The lowest BCUT2D eigenvalue weighted by molar-refractivity contribution is -0.145. The average molecular weight is 1030 g/mol. The van der Waals surface area contributed by atoms with E-state index >= 15 is 0 Å². The molecule has 3 aromatic carbocycles. The van der Waals surface area contributed by atoms with Gasteiger partial charge in [0.15, 0.2) is 5.75 Å². The monoisotopic (exact) mass is 1030 g/mol. The quantitative estimate of drug-likeness (QED) is 0.124. The van der Waals surface area contributed by atoms with Crippen molar-refractivity contribution in [3.8, 4) is 44.7 Å². The molecule has 1 saturated carbocycles. The molecule has 3 aromatic heterocycles.